The third-order valence-electron chi connectivity index (χ3n) is 9.89. The maximum Gasteiger partial charge on any atom is -0.0152 e. The first-order chi connectivity index (χ1) is 11.9. The molecular formula is C25H42. The third-order valence-corrected chi connectivity index (χ3v) is 9.89. The zero-order chi connectivity index (χ0) is 17.8. The molecule has 0 nitrogen and oxygen atoms in total. The van der Waals surface area contributed by atoms with Gasteiger partial charge < -0.3 is 0 Å². The van der Waals surface area contributed by atoms with Crippen molar-refractivity contribution in [3.05, 3.63) is 12.2 Å². The molecule has 0 heteroatoms. The zero-order valence-electron chi connectivity index (χ0n) is 17.4. The lowest BCUT2D eigenvalue weighted by atomic mass is 9.45. The standard InChI is InChI=1S/C25H42/c1-6-7-18-8-9-22-19-13-15-25(5)21(17(2)3)10-11-23(25)20(19)12-14-24(22,4)16-18/h18-23H,2,6-16H2,1,3-5H3. The Bertz CT molecular complexity index is 518. The Hall–Kier alpha value is -0.260. The van der Waals surface area contributed by atoms with Gasteiger partial charge in [0.1, 0.15) is 0 Å². The summed E-state index contributed by atoms with van der Waals surface area (Å²) in [5, 5.41) is 0. The Labute approximate surface area is 157 Å². The summed E-state index contributed by atoms with van der Waals surface area (Å²) in [6.07, 6.45) is 16.5. The predicted octanol–water partition coefficient (Wildman–Crippen LogP) is 7.64. The Morgan fingerprint density at radius 3 is 2.32 bits per heavy atom. The van der Waals surface area contributed by atoms with Gasteiger partial charge in [-0.15, -0.1) is 0 Å². The molecule has 4 rings (SSSR count). The molecule has 0 heterocycles. The second kappa shape index (κ2) is 6.42. The fourth-order valence-electron chi connectivity index (χ4n) is 8.89. The maximum absolute atomic E-state index is 4.38. The topological polar surface area (TPSA) is 0 Å². The van der Waals surface area contributed by atoms with E-state index in [1.54, 1.807) is 19.3 Å². The van der Waals surface area contributed by atoms with Gasteiger partial charge in [0.25, 0.3) is 0 Å². The molecule has 4 saturated carbocycles. The van der Waals surface area contributed by atoms with Crippen molar-refractivity contribution >= 4 is 0 Å². The first-order valence-corrected chi connectivity index (χ1v) is 11.5. The van der Waals surface area contributed by atoms with E-state index in [0.29, 0.717) is 10.8 Å². The highest BCUT2D eigenvalue weighted by Crippen LogP contribution is 2.67. The molecule has 0 aromatic carbocycles. The molecule has 0 spiro atoms. The molecule has 0 aromatic heterocycles. The molecule has 4 aliphatic rings. The van der Waals surface area contributed by atoms with Crippen molar-refractivity contribution in [2.45, 2.75) is 98.3 Å². The van der Waals surface area contributed by atoms with Crippen LogP contribution in [0.5, 0.6) is 0 Å². The van der Waals surface area contributed by atoms with E-state index in [4.69, 9.17) is 0 Å². The SMILES string of the molecule is C=C(C)C1CCC2C3CCC4(C)CC(CCC)CCC4C3CCC12C. The van der Waals surface area contributed by atoms with Crippen LogP contribution in [0.1, 0.15) is 98.3 Å². The van der Waals surface area contributed by atoms with Crippen LogP contribution < -0.4 is 0 Å². The zero-order valence-corrected chi connectivity index (χ0v) is 17.4. The lowest BCUT2D eigenvalue weighted by Crippen LogP contribution is -2.52. The highest BCUT2D eigenvalue weighted by Gasteiger charge is 2.58. The van der Waals surface area contributed by atoms with Gasteiger partial charge in [0.15, 0.2) is 0 Å². The monoisotopic (exact) mass is 342 g/mol. The number of allylic oxidation sites excluding steroid dienone is 1. The predicted molar refractivity (Wildman–Crippen MR) is 108 cm³/mol. The van der Waals surface area contributed by atoms with Crippen molar-refractivity contribution < 1.29 is 0 Å². The van der Waals surface area contributed by atoms with Gasteiger partial charge in [-0.1, -0.05) is 52.2 Å². The molecule has 0 bridgehead atoms. The smallest absolute Gasteiger partial charge is 0.0152 e. The fourth-order valence-corrected chi connectivity index (χ4v) is 8.89. The van der Waals surface area contributed by atoms with Gasteiger partial charge in [-0.05, 0) is 105 Å². The van der Waals surface area contributed by atoms with Crippen molar-refractivity contribution in [2.24, 2.45) is 46.3 Å². The minimum atomic E-state index is 0.583. The number of hydrogen-bond acceptors (Lipinski definition) is 0. The largest absolute Gasteiger partial charge is 0.0998 e. The molecule has 0 aliphatic heterocycles. The second-order valence-electron chi connectivity index (χ2n) is 11.2. The quantitative estimate of drug-likeness (QED) is 0.462. The molecule has 0 aromatic rings. The van der Waals surface area contributed by atoms with Crippen molar-refractivity contribution in [3.8, 4) is 0 Å². The average Bonchev–Trinajstić information content (AvgIpc) is 2.91. The van der Waals surface area contributed by atoms with Crippen LogP contribution in [0, 0.1) is 46.3 Å². The van der Waals surface area contributed by atoms with Gasteiger partial charge in [-0.25, -0.2) is 0 Å². The molecule has 142 valence electrons. The van der Waals surface area contributed by atoms with Crippen molar-refractivity contribution in [1.82, 2.24) is 0 Å². The Kier molecular flexibility index (Phi) is 4.65. The van der Waals surface area contributed by atoms with Gasteiger partial charge in [-0.2, -0.15) is 0 Å². The lowest BCUT2D eigenvalue weighted by molar-refractivity contribution is -0.102. The van der Waals surface area contributed by atoms with E-state index in [1.807, 2.05) is 0 Å². The molecule has 4 aliphatic carbocycles. The summed E-state index contributed by atoms with van der Waals surface area (Å²) in [6.45, 7) is 14.4. The summed E-state index contributed by atoms with van der Waals surface area (Å²) in [5.74, 6) is 6.01. The highest BCUT2D eigenvalue weighted by atomic mass is 14.6. The molecule has 8 atom stereocenters. The van der Waals surface area contributed by atoms with Crippen LogP contribution >= 0.6 is 0 Å². The first-order valence-electron chi connectivity index (χ1n) is 11.5. The van der Waals surface area contributed by atoms with E-state index >= 15 is 0 Å². The summed E-state index contributed by atoms with van der Waals surface area (Å²) < 4.78 is 0. The lowest BCUT2D eigenvalue weighted by Gasteiger charge is -2.60. The van der Waals surface area contributed by atoms with Gasteiger partial charge >= 0.3 is 0 Å². The molecule has 25 heavy (non-hydrogen) atoms. The summed E-state index contributed by atoms with van der Waals surface area (Å²) >= 11 is 0. The molecule has 4 fully saturated rings. The van der Waals surface area contributed by atoms with Gasteiger partial charge in [0.2, 0.25) is 0 Å². The molecule has 0 N–H and O–H groups in total. The summed E-state index contributed by atoms with van der Waals surface area (Å²) in [4.78, 5) is 0. The minimum Gasteiger partial charge on any atom is -0.0998 e. The Morgan fingerprint density at radius 1 is 0.920 bits per heavy atom. The number of fused-ring (bicyclic) bond motifs is 5. The van der Waals surface area contributed by atoms with Crippen LogP contribution in [0.15, 0.2) is 12.2 Å². The van der Waals surface area contributed by atoms with Crippen LogP contribution in [0.2, 0.25) is 0 Å². The summed E-state index contributed by atoms with van der Waals surface area (Å²) in [6, 6.07) is 0. The van der Waals surface area contributed by atoms with Gasteiger partial charge in [0.05, 0.1) is 0 Å². The molecule has 8 unspecified atom stereocenters. The molecule has 0 saturated heterocycles. The van der Waals surface area contributed by atoms with E-state index in [-0.39, 0.29) is 0 Å². The van der Waals surface area contributed by atoms with Crippen LogP contribution in [-0.4, -0.2) is 0 Å². The van der Waals surface area contributed by atoms with E-state index in [9.17, 15) is 0 Å². The van der Waals surface area contributed by atoms with Crippen LogP contribution in [0.3, 0.4) is 0 Å². The van der Waals surface area contributed by atoms with Crippen LogP contribution in [-0.2, 0) is 0 Å². The van der Waals surface area contributed by atoms with E-state index in [2.05, 4.69) is 34.3 Å². The normalized spacial score (nSPS) is 52.2. The van der Waals surface area contributed by atoms with Crippen LogP contribution in [0.4, 0.5) is 0 Å². The average molecular weight is 343 g/mol. The molecule has 0 radical (unpaired) electrons. The van der Waals surface area contributed by atoms with E-state index in [0.717, 1.165) is 35.5 Å². The van der Waals surface area contributed by atoms with E-state index < -0.39 is 0 Å². The molecular weight excluding hydrogens is 300 g/mol. The second-order valence-corrected chi connectivity index (χ2v) is 11.2. The fraction of sp³-hybridized carbons (Fsp3) is 0.920. The van der Waals surface area contributed by atoms with E-state index in [1.165, 1.54) is 56.9 Å². The van der Waals surface area contributed by atoms with Crippen molar-refractivity contribution in [1.29, 1.82) is 0 Å². The molecule has 0 amide bonds. The van der Waals surface area contributed by atoms with Gasteiger partial charge in [0, 0.05) is 0 Å². The highest BCUT2D eigenvalue weighted by molar-refractivity contribution is 5.14. The third kappa shape index (κ3) is 2.76. The maximum atomic E-state index is 4.38. The summed E-state index contributed by atoms with van der Waals surface area (Å²) in [5.41, 5.74) is 2.74. The van der Waals surface area contributed by atoms with Crippen molar-refractivity contribution in [2.75, 3.05) is 0 Å². The number of hydrogen-bond donors (Lipinski definition) is 0. The Balaban J connectivity index is 1.54. The van der Waals surface area contributed by atoms with Gasteiger partial charge in [-0.3, -0.25) is 0 Å². The first kappa shape index (κ1) is 18.1. The van der Waals surface area contributed by atoms with Crippen LogP contribution in [0.25, 0.3) is 0 Å². The minimum absolute atomic E-state index is 0.583. The number of rotatable bonds is 3. The Morgan fingerprint density at radius 2 is 1.60 bits per heavy atom. The van der Waals surface area contributed by atoms with Crippen molar-refractivity contribution in [3.63, 3.8) is 0 Å². The summed E-state index contributed by atoms with van der Waals surface area (Å²) in [7, 11) is 0.